The molecule has 0 bridgehead atoms. The number of anilines is 1. The second-order valence-corrected chi connectivity index (χ2v) is 5.89. The molecule has 0 aliphatic rings. The number of rotatable bonds is 5. The van der Waals surface area contributed by atoms with E-state index in [1.807, 2.05) is 6.92 Å². The van der Waals surface area contributed by atoms with E-state index in [1.165, 1.54) is 37.4 Å². The van der Waals surface area contributed by atoms with E-state index in [4.69, 9.17) is 10.5 Å². The fourth-order valence-corrected chi connectivity index (χ4v) is 2.75. The van der Waals surface area contributed by atoms with E-state index in [1.54, 1.807) is 0 Å². The molecule has 27 heavy (non-hydrogen) atoms. The van der Waals surface area contributed by atoms with Crippen LogP contribution in [0.3, 0.4) is 0 Å². The maximum atomic E-state index is 14.6. The molecule has 140 valence electrons. The smallest absolute Gasteiger partial charge is 0.273 e. The Morgan fingerprint density at radius 2 is 1.93 bits per heavy atom. The Kier molecular flexibility index (Phi) is 5.16. The number of nitrogen functional groups attached to an aromatic ring is 1. The van der Waals surface area contributed by atoms with Crippen LogP contribution >= 0.6 is 0 Å². The van der Waals surface area contributed by atoms with Gasteiger partial charge in [0, 0.05) is 17.5 Å². The molecule has 1 aromatic heterocycles. The lowest BCUT2D eigenvalue weighted by atomic mass is 10.00. The molecule has 3 N–H and O–H groups in total. The number of benzene rings is 2. The van der Waals surface area contributed by atoms with Crippen molar-refractivity contribution in [3.63, 3.8) is 0 Å². The van der Waals surface area contributed by atoms with E-state index < -0.39 is 17.5 Å². The topological polar surface area (TPSA) is 90.1 Å². The largest absolute Gasteiger partial charge is 0.494 e. The molecule has 0 saturated carbocycles. The average molecular weight is 372 g/mol. The zero-order valence-electron chi connectivity index (χ0n) is 14.8. The van der Waals surface area contributed by atoms with Gasteiger partial charge in [0.25, 0.3) is 5.91 Å². The number of hydrogen-bond donors (Lipinski definition) is 2. The van der Waals surface area contributed by atoms with E-state index in [2.05, 4.69) is 15.5 Å². The summed E-state index contributed by atoms with van der Waals surface area (Å²) >= 11 is 0. The first kappa shape index (κ1) is 18.5. The molecule has 3 aromatic rings. The Balaban J connectivity index is 2.19. The molecule has 0 aliphatic carbocycles. The molecule has 0 unspecified atom stereocenters. The van der Waals surface area contributed by atoms with Gasteiger partial charge in [-0.3, -0.25) is 4.79 Å². The highest BCUT2D eigenvalue weighted by atomic mass is 19.1. The number of halogens is 2. The monoisotopic (exact) mass is 372 g/mol. The summed E-state index contributed by atoms with van der Waals surface area (Å²) in [5, 5.41) is 11.0. The number of hydrogen-bond acceptors (Lipinski definition) is 5. The maximum absolute atomic E-state index is 14.6. The van der Waals surface area contributed by atoms with E-state index in [9.17, 15) is 13.6 Å². The number of amides is 1. The SMILES string of the molecule is CCCNC(=O)c1nnc2c(-c3ccc(F)c(OC)c3)c(F)ccc2c1N. The number of methoxy groups -OCH3 is 1. The Labute approximate surface area is 154 Å². The van der Waals surface area contributed by atoms with Crippen LogP contribution in [0.15, 0.2) is 30.3 Å². The highest BCUT2D eigenvalue weighted by Gasteiger charge is 2.20. The van der Waals surface area contributed by atoms with E-state index in [-0.39, 0.29) is 28.2 Å². The van der Waals surface area contributed by atoms with Crippen LogP contribution in [0.4, 0.5) is 14.5 Å². The Hall–Kier alpha value is -3.29. The quantitative estimate of drug-likeness (QED) is 0.717. The first-order chi connectivity index (χ1) is 13.0. The maximum Gasteiger partial charge on any atom is 0.273 e. The molecule has 2 aromatic carbocycles. The number of nitrogens with one attached hydrogen (secondary N) is 1. The summed E-state index contributed by atoms with van der Waals surface area (Å²) in [5.74, 6) is -1.62. The van der Waals surface area contributed by atoms with E-state index in [0.29, 0.717) is 17.5 Å². The van der Waals surface area contributed by atoms with Crippen molar-refractivity contribution in [3.05, 3.63) is 47.7 Å². The van der Waals surface area contributed by atoms with Gasteiger partial charge in [0.15, 0.2) is 17.3 Å². The zero-order chi connectivity index (χ0) is 19.6. The standard InChI is InChI=1S/C19H18F2N4O2/c1-3-8-23-19(26)18-16(22)11-5-7-13(21)15(17(11)24-25-18)10-4-6-12(20)14(9-10)27-2/h4-7,9H,3,8H2,1-2H3,(H2,22,24)(H,23,26). The minimum Gasteiger partial charge on any atom is -0.494 e. The Bertz CT molecular complexity index is 1020. The van der Waals surface area contributed by atoms with Gasteiger partial charge in [0.05, 0.1) is 12.8 Å². The van der Waals surface area contributed by atoms with Crippen molar-refractivity contribution >= 4 is 22.5 Å². The average Bonchev–Trinajstić information content (AvgIpc) is 2.67. The van der Waals surface area contributed by atoms with Crippen molar-refractivity contribution in [3.8, 4) is 16.9 Å². The van der Waals surface area contributed by atoms with Crippen molar-refractivity contribution in [1.29, 1.82) is 0 Å². The number of nitrogens with zero attached hydrogens (tertiary/aromatic N) is 2. The molecule has 8 heteroatoms. The van der Waals surface area contributed by atoms with Crippen molar-refractivity contribution < 1.29 is 18.3 Å². The summed E-state index contributed by atoms with van der Waals surface area (Å²) in [6.45, 7) is 2.39. The number of carbonyl (C=O) groups excluding carboxylic acids is 1. The molecule has 0 fully saturated rings. The summed E-state index contributed by atoms with van der Waals surface area (Å²) in [5.41, 5.74) is 6.81. The van der Waals surface area contributed by atoms with Crippen LogP contribution in [-0.4, -0.2) is 29.8 Å². The number of fused-ring (bicyclic) bond motifs is 1. The van der Waals surface area contributed by atoms with Crippen LogP contribution in [-0.2, 0) is 0 Å². The lowest BCUT2D eigenvalue weighted by molar-refractivity contribution is 0.0949. The molecule has 0 radical (unpaired) electrons. The van der Waals surface area contributed by atoms with Gasteiger partial charge in [-0.15, -0.1) is 10.2 Å². The molecule has 0 atom stereocenters. The summed E-state index contributed by atoms with van der Waals surface area (Å²) in [6.07, 6.45) is 0.758. The first-order valence-corrected chi connectivity index (χ1v) is 8.34. The second-order valence-electron chi connectivity index (χ2n) is 5.89. The zero-order valence-corrected chi connectivity index (χ0v) is 14.8. The number of ether oxygens (including phenoxy) is 1. The molecule has 6 nitrogen and oxygen atoms in total. The molecule has 1 amide bonds. The third-order valence-electron chi connectivity index (χ3n) is 4.11. The highest BCUT2D eigenvalue weighted by molar-refractivity contribution is 6.07. The van der Waals surface area contributed by atoms with Crippen LogP contribution in [0.25, 0.3) is 22.0 Å². The van der Waals surface area contributed by atoms with Gasteiger partial charge in [-0.1, -0.05) is 13.0 Å². The van der Waals surface area contributed by atoms with Crippen molar-refractivity contribution in [2.75, 3.05) is 19.4 Å². The number of aromatic nitrogens is 2. The molecule has 1 heterocycles. The molecule has 0 saturated heterocycles. The Morgan fingerprint density at radius 1 is 1.19 bits per heavy atom. The van der Waals surface area contributed by atoms with Crippen LogP contribution < -0.4 is 15.8 Å². The van der Waals surface area contributed by atoms with Crippen LogP contribution in [0.1, 0.15) is 23.8 Å². The Morgan fingerprint density at radius 3 is 2.63 bits per heavy atom. The van der Waals surface area contributed by atoms with E-state index >= 15 is 0 Å². The van der Waals surface area contributed by atoms with Gasteiger partial charge in [-0.05, 0) is 36.2 Å². The van der Waals surface area contributed by atoms with Gasteiger partial charge in [-0.2, -0.15) is 0 Å². The fourth-order valence-electron chi connectivity index (χ4n) is 2.75. The predicted octanol–water partition coefficient (Wildman–Crippen LogP) is 3.31. The van der Waals surface area contributed by atoms with Gasteiger partial charge in [-0.25, -0.2) is 8.78 Å². The normalized spacial score (nSPS) is 10.8. The third kappa shape index (κ3) is 3.38. The van der Waals surface area contributed by atoms with Crippen molar-refractivity contribution in [2.45, 2.75) is 13.3 Å². The molecular weight excluding hydrogens is 354 g/mol. The van der Waals surface area contributed by atoms with Gasteiger partial charge in [0.2, 0.25) is 0 Å². The summed E-state index contributed by atoms with van der Waals surface area (Å²) in [7, 11) is 1.32. The van der Waals surface area contributed by atoms with Crippen molar-refractivity contribution in [1.82, 2.24) is 15.5 Å². The first-order valence-electron chi connectivity index (χ1n) is 8.34. The molecule has 0 spiro atoms. The minimum absolute atomic E-state index is 0.0230. The molecular formula is C19H18F2N4O2. The molecule has 0 aliphatic heterocycles. The third-order valence-corrected chi connectivity index (χ3v) is 4.11. The number of carbonyl (C=O) groups is 1. The number of nitrogens with two attached hydrogens (primary N) is 1. The summed E-state index contributed by atoms with van der Waals surface area (Å²) in [4.78, 5) is 12.2. The lowest BCUT2D eigenvalue weighted by Crippen LogP contribution is -2.26. The highest BCUT2D eigenvalue weighted by Crippen LogP contribution is 2.35. The van der Waals surface area contributed by atoms with Gasteiger partial charge < -0.3 is 15.8 Å². The predicted molar refractivity (Wildman–Crippen MR) is 98.5 cm³/mol. The minimum atomic E-state index is -0.576. The van der Waals surface area contributed by atoms with Crippen LogP contribution in [0.5, 0.6) is 5.75 Å². The van der Waals surface area contributed by atoms with Gasteiger partial charge in [0.1, 0.15) is 11.3 Å². The van der Waals surface area contributed by atoms with Crippen LogP contribution in [0.2, 0.25) is 0 Å². The van der Waals surface area contributed by atoms with Gasteiger partial charge >= 0.3 is 0 Å². The lowest BCUT2D eigenvalue weighted by Gasteiger charge is -2.12. The van der Waals surface area contributed by atoms with Crippen molar-refractivity contribution in [2.24, 2.45) is 0 Å². The van der Waals surface area contributed by atoms with E-state index in [0.717, 1.165) is 6.42 Å². The second kappa shape index (κ2) is 7.53. The molecule has 3 rings (SSSR count). The van der Waals surface area contributed by atoms with Crippen LogP contribution in [0, 0.1) is 11.6 Å². The fraction of sp³-hybridized carbons (Fsp3) is 0.211. The summed E-state index contributed by atoms with van der Waals surface area (Å²) < 4.78 is 33.2. The summed E-state index contributed by atoms with van der Waals surface area (Å²) in [6, 6.07) is 6.62.